The first-order valence-corrected chi connectivity index (χ1v) is 5.36. The monoisotopic (exact) mass is 223 g/mol. The molecule has 0 saturated heterocycles. The molecule has 0 saturated carbocycles. The van der Waals surface area contributed by atoms with Crippen molar-refractivity contribution >= 4 is 5.91 Å². The molecule has 0 aliphatic rings. The average Bonchev–Trinajstić information content (AvgIpc) is 2.26. The van der Waals surface area contributed by atoms with Crippen LogP contribution >= 0.6 is 0 Å². The largest absolute Gasteiger partial charge is 0.478 e. The second kappa shape index (κ2) is 6.05. The molecule has 1 aromatic heterocycles. The second-order valence-corrected chi connectivity index (χ2v) is 3.78. The van der Waals surface area contributed by atoms with E-state index in [0.29, 0.717) is 30.6 Å². The summed E-state index contributed by atoms with van der Waals surface area (Å²) in [5.41, 5.74) is 0.333. The highest BCUT2D eigenvalue weighted by molar-refractivity contribution is 5.92. The SMILES string of the molecule is CCOc1cc(C(=O)NCC(C)C)ncn1. The molecule has 0 fully saturated rings. The van der Waals surface area contributed by atoms with Crippen molar-refractivity contribution in [3.05, 3.63) is 18.1 Å². The Morgan fingerprint density at radius 1 is 1.50 bits per heavy atom. The molecule has 1 rings (SSSR count). The molecule has 0 bridgehead atoms. The predicted octanol–water partition coefficient (Wildman–Crippen LogP) is 1.26. The smallest absolute Gasteiger partial charge is 0.270 e. The van der Waals surface area contributed by atoms with Crippen LogP contribution in [0.1, 0.15) is 31.3 Å². The fourth-order valence-corrected chi connectivity index (χ4v) is 1.08. The van der Waals surface area contributed by atoms with Crippen LogP contribution in [0.3, 0.4) is 0 Å². The number of carbonyl (C=O) groups excluding carboxylic acids is 1. The first-order chi connectivity index (χ1) is 7.63. The molecule has 16 heavy (non-hydrogen) atoms. The first kappa shape index (κ1) is 12.4. The van der Waals surface area contributed by atoms with Crippen molar-refractivity contribution in [1.29, 1.82) is 0 Å². The summed E-state index contributed by atoms with van der Waals surface area (Å²) in [6, 6.07) is 1.54. The van der Waals surface area contributed by atoms with Crippen LogP contribution in [-0.4, -0.2) is 29.0 Å². The molecule has 1 heterocycles. The van der Waals surface area contributed by atoms with Crippen LogP contribution in [0.25, 0.3) is 0 Å². The van der Waals surface area contributed by atoms with Crippen molar-refractivity contribution in [3.8, 4) is 5.88 Å². The molecule has 1 N–H and O–H groups in total. The van der Waals surface area contributed by atoms with E-state index < -0.39 is 0 Å². The van der Waals surface area contributed by atoms with E-state index in [-0.39, 0.29) is 5.91 Å². The molecule has 0 spiro atoms. The second-order valence-electron chi connectivity index (χ2n) is 3.78. The van der Waals surface area contributed by atoms with Gasteiger partial charge in [0, 0.05) is 12.6 Å². The van der Waals surface area contributed by atoms with Crippen LogP contribution in [0.2, 0.25) is 0 Å². The summed E-state index contributed by atoms with van der Waals surface area (Å²) >= 11 is 0. The number of hydrogen-bond donors (Lipinski definition) is 1. The molecule has 0 unspecified atom stereocenters. The predicted molar refractivity (Wildman–Crippen MR) is 60.4 cm³/mol. The number of nitrogens with one attached hydrogen (secondary N) is 1. The zero-order valence-corrected chi connectivity index (χ0v) is 9.86. The van der Waals surface area contributed by atoms with Gasteiger partial charge in [0.05, 0.1) is 6.61 Å². The third-order valence-electron chi connectivity index (χ3n) is 1.84. The van der Waals surface area contributed by atoms with Gasteiger partial charge in [0.1, 0.15) is 12.0 Å². The summed E-state index contributed by atoms with van der Waals surface area (Å²) in [4.78, 5) is 19.4. The van der Waals surface area contributed by atoms with Gasteiger partial charge in [0.2, 0.25) is 5.88 Å². The summed E-state index contributed by atoms with van der Waals surface area (Å²) in [5, 5.41) is 2.78. The van der Waals surface area contributed by atoms with E-state index in [9.17, 15) is 4.79 Å². The Morgan fingerprint density at radius 3 is 2.88 bits per heavy atom. The average molecular weight is 223 g/mol. The van der Waals surface area contributed by atoms with Gasteiger partial charge in [-0.25, -0.2) is 9.97 Å². The van der Waals surface area contributed by atoms with Gasteiger partial charge in [0.25, 0.3) is 5.91 Å². The van der Waals surface area contributed by atoms with E-state index >= 15 is 0 Å². The van der Waals surface area contributed by atoms with E-state index in [2.05, 4.69) is 15.3 Å². The fourth-order valence-electron chi connectivity index (χ4n) is 1.08. The molecule has 5 nitrogen and oxygen atoms in total. The minimum atomic E-state index is -0.197. The van der Waals surface area contributed by atoms with Gasteiger partial charge in [-0.1, -0.05) is 13.8 Å². The Kier molecular flexibility index (Phi) is 4.69. The van der Waals surface area contributed by atoms with Crippen LogP contribution in [0, 0.1) is 5.92 Å². The maximum atomic E-state index is 11.6. The highest BCUT2D eigenvalue weighted by Gasteiger charge is 2.09. The Morgan fingerprint density at radius 2 is 2.25 bits per heavy atom. The molecule has 0 radical (unpaired) electrons. The van der Waals surface area contributed by atoms with Gasteiger partial charge in [-0.05, 0) is 12.8 Å². The van der Waals surface area contributed by atoms with Gasteiger partial charge < -0.3 is 10.1 Å². The molecule has 88 valence electrons. The zero-order chi connectivity index (χ0) is 12.0. The summed E-state index contributed by atoms with van der Waals surface area (Å²) < 4.78 is 5.19. The lowest BCUT2D eigenvalue weighted by molar-refractivity contribution is 0.0943. The Balaban J connectivity index is 2.64. The molecule has 0 aliphatic heterocycles. The Labute approximate surface area is 95.3 Å². The first-order valence-electron chi connectivity index (χ1n) is 5.36. The van der Waals surface area contributed by atoms with Gasteiger partial charge in [-0.2, -0.15) is 0 Å². The lowest BCUT2D eigenvalue weighted by Gasteiger charge is -2.07. The van der Waals surface area contributed by atoms with Crippen LogP contribution in [0.4, 0.5) is 0 Å². The minimum Gasteiger partial charge on any atom is -0.478 e. The summed E-state index contributed by atoms with van der Waals surface area (Å²) in [5.74, 6) is 0.640. The maximum Gasteiger partial charge on any atom is 0.270 e. The normalized spacial score (nSPS) is 10.2. The van der Waals surface area contributed by atoms with Gasteiger partial charge in [0.15, 0.2) is 0 Å². The van der Waals surface area contributed by atoms with Crippen molar-refractivity contribution < 1.29 is 9.53 Å². The Bertz CT molecular complexity index is 353. The van der Waals surface area contributed by atoms with Crippen LogP contribution in [0.15, 0.2) is 12.4 Å². The number of hydrogen-bond acceptors (Lipinski definition) is 4. The molecule has 1 aromatic rings. The van der Waals surface area contributed by atoms with Crippen molar-refractivity contribution in [2.24, 2.45) is 5.92 Å². The summed E-state index contributed by atoms with van der Waals surface area (Å²) in [7, 11) is 0. The van der Waals surface area contributed by atoms with E-state index in [0.717, 1.165) is 0 Å². The number of carbonyl (C=O) groups is 1. The topological polar surface area (TPSA) is 64.1 Å². The third kappa shape index (κ3) is 3.84. The van der Waals surface area contributed by atoms with Crippen molar-refractivity contribution in [1.82, 2.24) is 15.3 Å². The lowest BCUT2D eigenvalue weighted by Crippen LogP contribution is -2.28. The molecule has 5 heteroatoms. The maximum absolute atomic E-state index is 11.6. The van der Waals surface area contributed by atoms with Crippen molar-refractivity contribution in [2.75, 3.05) is 13.2 Å². The molecule has 0 aromatic carbocycles. The minimum absolute atomic E-state index is 0.197. The standard InChI is InChI=1S/C11H17N3O2/c1-4-16-10-5-9(13-7-14-10)11(15)12-6-8(2)3/h5,7-8H,4,6H2,1-3H3,(H,12,15). The van der Waals surface area contributed by atoms with Gasteiger partial charge in [-0.3, -0.25) is 4.79 Å². The molecular formula is C11H17N3O2. The van der Waals surface area contributed by atoms with Crippen molar-refractivity contribution in [2.45, 2.75) is 20.8 Å². The van der Waals surface area contributed by atoms with E-state index in [1.165, 1.54) is 6.33 Å². The number of nitrogens with zero attached hydrogens (tertiary/aromatic N) is 2. The van der Waals surface area contributed by atoms with Crippen LogP contribution < -0.4 is 10.1 Å². The van der Waals surface area contributed by atoms with Gasteiger partial charge in [-0.15, -0.1) is 0 Å². The van der Waals surface area contributed by atoms with Crippen molar-refractivity contribution in [3.63, 3.8) is 0 Å². The molecule has 1 amide bonds. The number of amides is 1. The van der Waals surface area contributed by atoms with Crippen LogP contribution in [0.5, 0.6) is 5.88 Å². The zero-order valence-electron chi connectivity index (χ0n) is 9.86. The number of rotatable bonds is 5. The Hall–Kier alpha value is -1.65. The molecular weight excluding hydrogens is 206 g/mol. The molecule has 0 atom stereocenters. The number of ether oxygens (including phenoxy) is 1. The third-order valence-corrected chi connectivity index (χ3v) is 1.84. The van der Waals surface area contributed by atoms with Crippen LogP contribution in [-0.2, 0) is 0 Å². The lowest BCUT2D eigenvalue weighted by atomic mass is 10.2. The van der Waals surface area contributed by atoms with E-state index in [1.54, 1.807) is 6.07 Å². The van der Waals surface area contributed by atoms with Gasteiger partial charge >= 0.3 is 0 Å². The molecule has 0 aliphatic carbocycles. The van der Waals surface area contributed by atoms with E-state index in [4.69, 9.17) is 4.74 Å². The summed E-state index contributed by atoms with van der Waals surface area (Å²) in [6.07, 6.45) is 1.33. The summed E-state index contributed by atoms with van der Waals surface area (Å²) in [6.45, 7) is 7.08. The fraction of sp³-hybridized carbons (Fsp3) is 0.545. The highest BCUT2D eigenvalue weighted by atomic mass is 16.5. The highest BCUT2D eigenvalue weighted by Crippen LogP contribution is 2.06. The van der Waals surface area contributed by atoms with E-state index in [1.807, 2.05) is 20.8 Å². The quantitative estimate of drug-likeness (QED) is 0.816. The number of aromatic nitrogens is 2.